The van der Waals surface area contributed by atoms with E-state index in [0.29, 0.717) is 24.6 Å². The van der Waals surface area contributed by atoms with E-state index in [-0.39, 0.29) is 17.7 Å². The van der Waals surface area contributed by atoms with Gasteiger partial charge in [0, 0.05) is 19.2 Å². The van der Waals surface area contributed by atoms with Gasteiger partial charge in [-0.25, -0.2) is 4.79 Å². The van der Waals surface area contributed by atoms with Crippen molar-refractivity contribution in [1.82, 2.24) is 4.90 Å². The van der Waals surface area contributed by atoms with Gasteiger partial charge >= 0.3 is 6.03 Å². The fourth-order valence-corrected chi connectivity index (χ4v) is 3.14. The number of methoxy groups -OCH3 is 1. The Morgan fingerprint density at radius 2 is 2.22 bits per heavy atom. The van der Waals surface area contributed by atoms with E-state index in [9.17, 15) is 4.79 Å². The van der Waals surface area contributed by atoms with Gasteiger partial charge in [0.1, 0.15) is 5.75 Å². The van der Waals surface area contributed by atoms with Gasteiger partial charge in [-0.2, -0.15) is 0 Å². The highest BCUT2D eigenvalue weighted by molar-refractivity contribution is 5.91. The Morgan fingerprint density at radius 1 is 1.48 bits per heavy atom. The molecule has 1 aromatic carbocycles. The second-order valence-corrected chi connectivity index (χ2v) is 6.67. The molecule has 1 saturated heterocycles. The molecule has 1 N–H and O–H groups in total. The maximum absolute atomic E-state index is 12.8. The van der Waals surface area contributed by atoms with Crippen LogP contribution in [-0.2, 0) is 4.74 Å². The molecule has 2 rings (SSSR count). The molecule has 1 atom stereocenters. The number of urea groups is 1. The maximum atomic E-state index is 12.8. The third kappa shape index (κ3) is 4.38. The zero-order valence-electron chi connectivity index (χ0n) is 14.8. The summed E-state index contributed by atoms with van der Waals surface area (Å²) in [6, 6.07) is 5.88. The first kappa shape index (κ1) is 17.6. The molecular weight excluding hydrogens is 292 g/mol. The van der Waals surface area contributed by atoms with Crippen LogP contribution in [0.2, 0.25) is 0 Å². The number of ether oxygens (including phenoxy) is 2. The van der Waals surface area contributed by atoms with Crippen molar-refractivity contribution < 1.29 is 14.3 Å². The number of aryl methyl sites for hydroxylation is 1. The van der Waals surface area contributed by atoms with Gasteiger partial charge in [-0.15, -0.1) is 0 Å². The summed E-state index contributed by atoms with van der Waals surface area (Å²) in [6.45, 7) is 9.52. The van der Waals surface area contributed by atoms with E-state index in [1.165, 1.54) is 0 Å². The van der Waals surface area contributed by atoms with Crippen molar-refractivity contribution in [2.75, 3.05) is 25.6 Å². The fourth-order valence-electron chi connectivity index (χ4n) is 3.14. The first-order valence-corrected chi connectivity index (χ1v) is 8.22. The molecule has 128 valence electrons. The molecular formula is C18H28N2O3. The zero-order valence-corrected chi connectivity index (χ0v) is 14.8. The molecule has 0 aromatic heterocycles. The topological polar surface area (TPSA) is 50.8 Å². The molecule has 0 radical (unpaired) electrons. The molecule has 0 spiro atoms. The summed E-state index contributed by atoms with van der Waals surface area (Å²) >= 11 is 0. The summed E-state index contributed by atoms with van der Waals surface area (Å²) in [5.74, 6) is 0.673. The summed E-state index contributed by atoms with van der Waals surface area (Å²) in [5.41, 5.74) is 1.61. The highest BCUT2D eigenvalue weighted by atomic mass is 16.5. The van der Waals surface area contributed by atoms with Crippen LogP contribution in [0.25, 0.3) is 0 Å². The lowest BCUT2D eigenvalue weighted by atomic mass is 9.93. The third-order valence-corrected chi connectivity index (χ3v) is 4.31. The normalized spacial score (nSPS) is 20.0. The van der Waals surface area contributed by atoms with Gasteiger partial charge < -0.3 is 19.7 Å². The van der Waals surface area contributed by atoms with Gasteiger partial charge in [-0.1, -0.05) is 6.07 Å². The van der Waals surface area contributed by atoms with Crippen LogP contribution in [0.15, 0.2) is 18.2 Å². The van der Waals surface area contributed by atoms with Crippen molar-refractivity contribution in [3.63, 3.8) is 0 Å². The largest absolute Gasteiger partial charge is 0.495 e. The fraction of sp³-hybridized carbons (Fsp3) is 0.611. The summed E-state index contributed by atoms with van der Waals surface area (Å²) < 4.78 is 11.1. The minimum absolute atomic E-state index is 0.0842. The number of benzene rings is 1. The first-order valence-electron chi connectivity index (χ1n) is 8.22. The van der Waals surface area contributed by atoms with Gasteiger partial charge in [0.2, 0.25) is 0 Å². The Hall–Kier alpha value is -1.75. The zero-order chi connectivity index (χ0) is 17.0. The van der Waals surface area contributed by atoms with Gasteiger partial charge in [0.15, 0.2) is 0 Å². The van der Waals surface area contributed by atoms with E-state index in [2.05, 4.69) is 19.2 Å². The van der Waals surface area contributed by atoms with E-state index in [1.54, 1.807) is 7.11 Å². The molecule has 0 bridgehead atoms. The number of amides is 2. The molecule has 1 heterocycles. The number of carbonyl (C=O) groups excluding carboxylic acids is 1. The quantitative estimate of drug-likeness (QED) is 0.917. The Balaban J connectivity index is 2.13. The van der Waals surface area contributed by atoms with E-state index < -0.39 is 0 Å². The SMILES string of the molecule is CCN(C(=O)Nc1cc(C)ccc1OC)[C@H]1CCOC(C)(C)C1. The lowest BCUT2D eigenvalue weighted by Gasteiger charge is -2.40. The average molecular weight is 320 g/mol. The monoisotopic (exact) mass is 320 g/mol. The average Bonchev–Trinajstić information content (AvgIpc) is 2.47. The van der Waals surface area contributed by atoms with Crippen molar-refractivity contribution in [2.24, 2.45) is 0 Å². The lowest BCUT2D eigenvalue weighted by molar-refractivity contribution is -0.0758. The first-order chi connectivity index (χ1) is 10.9. The number of anilines is 1. The summed E-state index contributed by atoms with van der Waals surface area (Å²) in [5, 5.41) is 3.00. The number of carbonyl (C=O) groups is 1. The maximum Gasteiger partial charge on any atom is 0.322 e. The predicted octanol–water partition coefficient (Wildman–Crippen LogP) is 3.82. The van der Waals surface area contributed by atoms with Crippen LogP contribution >= 0.6 is 0 Å². The number of rotatable bonds is 4. The number of hydrogen-bond acceptors (Lipinski definition) is 3. The molecule has 0 unspecified atom stereocenters. The molecule has 0 aliphatic carbocycles. The molecule has 1 aliphatic rings. The van der Waals surface area contributed by atoms with Gasteiger partial charge in [-0.3, -0.25) is 0 Å². The molecule has 0 saturated carbocycles. The van der Waals surface area contributed by atoms with Crippen LogP contribution in [0.4, 0.5) is 10.5 Å². The van der Waals surface area contributed by atoms with Crippen molar-refractivity contribution in [1.29, 1.82) is 0 Å². The molecule has 2 amide bonds. The van der Waals surface area contributed by atoms with Crippen LogP contribution in [0.3, 0.4) is 0 Å². The van der Waals surface area contributed by atoms with Crippen LogP contribution in [0.5, 0.6) is 5.75 Å². The van der Waals surface area contributed by atoms with E-state index in [0.717, 1.165) is 18.4 Å². The minimum Gasteiger partial charge on any atom is -0.495 e. The second-order valence-electron chi connectivity index (χ2n) is 6.67. The van der Waals surface area contributed by atoms with Crippen LogP contribution in [-0.4, -0.2) is 42.8 Å². The van der Waals surface area contributed by atoms with Crippen LogP contribution in [0, 0.1) is 6.92 Å². The molecule has 1 aliphatic heterocycles. The van der Waals surface area contributed by atoms with E-state index >= 15 is 0 Å². The number of hydrogen-bond donors (Lipinski definition) is 1. The summed E-state index contributed by atoms with van der Waals surface area (Å²) in [7, 11) is 1.61. The Kier molecular flexibility index (Phi) is 5.52. The van der Waals surface area contributed by atoms with Crippen molar-refractivity contribution in [3.05, 3.63) is 23.8 Å². The molecule has 1 fully saturated rings. The predicted molar refractivity (Wildman–Crippen MR) is 92.2 cm³/mol. The standard InChI is InChI=1S/C18H28N2O3/c1-6-20(14-9-10-23-18(3,4)12-14)17(21)19-15-11-13(2)7-8-16(15)22-5/h7-8,11,14H,6,9-10,12H2,1-5H3,(H,19,21)/t14-/m0/s1. The highest BCUT2D eigenvalue weighted by Gasteiger charge is 2.33. The van der Waals surface area contributed by atoms with Crippen molar-refractivity contribution >= 4 is 11.7 Å². The van der Waals surface area contributed by atoms with Crippen LogP contribution in [0.1, 0.15) is 39.2 Å². The van der Waals surface area contributed by atoms with E-state index in [4.69, 9.17) is 9.47 Å². The van der Waals surface area contributed by atoms with Gasteiger partial charge in [-0.05, 0) is 58.2 Å². The Labute approximate surface area is 139 Å². The highest BCUT2D eigenvalue weighted by Crippen LogP contribution is 2.29. The molecule has 5 heteroatoms. The third-order valence-electron chi connectivity index (χ3n) is 4.31. The van der Waals surface area contributed by atoms with Gasteiger partial charge in [0.25, 0.3) is 0 Å². The lowest BCUT2D eigenvalue weighted by Crippen LogP contribution is -2.49. The summed E-state index contributed by atoms with van der Waals surface area (Å²) in [4.78, 5) is 14.6. The summed E-state index contributed by atoms with van der Waals surface area (Å²) in [6.07, 6.45) is 1.72. The van der Waals surface area contributed by atoms with Crippen molar-refractivity contribution in [2.45, 2.75) is 52.2 Å². The minimum atomic E-state index is -0.183. The van der Waals surface area contributed by atoms with Crippen molar-refractivity contribution in [3.8, 4) is 5.75 Å². The molecule has 5 nitrogen and oxygen atoms in total. The second kappa shape index (κ2) is 7.21. The smallest absolute Gasteiger partial charge is 0.322 e. The van der Waals surface area contributed by atoms with Gasteiger partial charge in [0.05, 0.1) is 18.4 Å². The van der Waals surface area contributed by atoms with Crippen LogP contribution < -0.4 is 10.1 Å². The molecule has 1 aromatic rings. The number of nitrogens with zero attached hydrogens (tertiary/aromatic N) is 1. The molecule has 23 heavy (non-hydrogen) atoms. The Morgan fingerprint density at radius 3 is 2.83 bits per heavy atom. The Bertz CT molecular complexity index is 557. The number of nitrogens with one attached hydrogen (secondary N) is 1. The van der Waals surface area contributed by atoms with E-state index in [1.807, 2.05) is 36.9 Å².